The van der Waals surface area contributed by atoms with Gasteiger partial charge in [-0.15, -0.1) is 0 Å². The number of rotatable bonds is 6. The average Bonchev–Trinajstić information content (AvgIpc) is 3.01. The van der Waals surface area contributed by atoms with E-state index in [1.807, 2.05) is 0 Å². The van der Waals surface area contributed by atoms with E-state index >= 15 is 0 Å². The van der Waals surface area contributed by atoms with Crippen LogP contribution in [-0.2, 0) is 4.74 Å². The molecule has 1 N–H and O–H groups in total. The van der Waals surface area contributed by atoms with Gasteiger partial charge in [0.2, 0.25) is 0 Å². The first kappa shape index (κ1) is 15.9. The fraction of sp³-hybridized carbons (Fsp3) is 0.625. The predicted molar refractivity (Wildman–Crippen MR) is 79.2 cm³/mol. The molecule has 0 aromatic heterocycles. The predicted octanol–water partition coefficient (Wildman–Crippen LogP) is 2.56. The highest BCUT2D eigenvalue weighted by Crippen LogP contribution is 2.44. The lowest BCUT2D eigenvalue weighted by Gasteiger charge is -2.26. The van der Waals surface area contributed by atoms with E-state index in [-0.39, 0.29) is 12.0 Å². The molecule has 0 amide bonds. The SMILES string of the molecule is CCC1OCCC1C(O)c1c(OC)cc(OC)cc1OC. The quantitative estimate of drug-likeness (QED) is 0.874. The van der Waals surface area contributed by atoms with Gasteiger partial charge in [-0.25, -0.2) is 0 Å². The van der Waals surface area contributed by atoms with Gasteiger partial charge >= 0.3 is 0 Å². The number of hydrogen-bond acceptors (Lipinski definition) is 5. The topological polar surface area (TPSA) is 57.2 Å². The lowest BCUT2D eigenvalue weighted by Crippen LogP contribution is -2.23. The molecule has 5 nitrogen and oxygen atoms in total. The highest BCUT2D eigenvalue weighted by Gasteiger charge is 2.36. The molecule has 2 rings (SSSR count). The minimum absolute atomic E-state index is 0.0474. The molecule has 0 saturated carbocycles. The molecule has 5 heteroatoms. The van der Waals surface area contributed by atoms with Crippen molar-refractivity contribution in [3.63, 3.8) is 0 Å². The summed E-state index contributed by atoms with van der Waals surface area (Å²) in [6, 6.07) is 3.52. The van der Waals surface area contributed by atoms with Crippen LogP contribution in [0.2, 0.25) is 0 Å². The second-order valence-corrected chi connectivity index (χ2v) is 5.16. The number of aliphatic hydroxyl groups excluding tert-OH is 1. The molecule has 0 radical (unpaired) electrons. The molecule has 1 saturated heterocycles. The van der Waals surface area contributed by atoms with Crippen molar-refractivity contribution in [2.45, 2.75) is 32.0 Å². The second kappa shape index (κ2) is 7.00. The Kier molecular flexibility index (Phi) is 5.31. The van der Waals surface area contributed by atoms with E-state index in [0.29, 0.717) is 29.4 Å². The molecule has 0 aliphatic carbocycles. The molecule has 1 aromatic carbocycles. The Bertz CT molecular complexity index is 449. The summed E-state index contributed by atoms with van der Waals surface area (Å²) in [5.74, 6) is 1.82. The maximum atomic E-state index is 10.8. The van der Waals surface area contributed by atoms with E-state index < -0.39 is 6.10 Å². The van der Waals surface area contributed by atoms with Crippen molar-refractivity contribution in [3.05, 3.63) is 17.7 Å². The van der Waals surface area contributed by atoms with Crippen molar-refractivity contribution < 1.29 is 24.1 Å². The Hall–Kier alpha value is -1.46. The Morgan fingerprint density at radius 3 is 2.29 bits per heavy atom. The first-order valence-corrected chi connectivity index (χ1v) is 7.25. The molecule has 3 unspecified atom stereocenters. The van der Waals surface area contributed by atoms with Crippen molar-refractivity contribution in [2.24, 2.45) is 5.92 Å². The Labute approximate surface area is 125 Å². The largest absolute Gasteiger partial charge is 0.496 e. The number of hydrogen-bond donors (Lipinski definition) is 1. The third kappa shape index (κ3) is 3.09. The van der Waals surface area contributed by atoms with Crippen LogP contribution in [0, 0.1) is 5.92 Å². The summed E-state index contributed by atoms with van der Waals surface area (Å²) in [7, 11) is 4.74. The molecule has 1 aliphatic rings. The molecule has 0 spiro atoms. The zero-order chi connectivity index (χ0) is 15.4. The van der Waals surface area contributed by atoms with Crippen LogP contribution in [-0.4, -0.2) is 39.1 Å². The fourth-order valence-electron chi connectivity index (χ4n) is 2.98. The fourth-order valence-corrected chi connectivity index (χ4v) is 2.98. The monoisotopic (exact) mass is 296 g/mol. The van der Waals surface area contributed by atoms with Crippen LogP contribution in [0.1, 0.15) is 31.4 Å². The summed E-state index contributed by atoms with van der Waals surface area (Å²) in [4.78, 5) is 0. The van der Waals surface area contributed by atoms with Crippen molar-refractivity contribution >= 4 is 0 Å². The van der Waals surface area contributed by atoms with E-state index in [4.69, 9.17) is 18.9 Å². The van der Waals surface area contributed by atoms with Crippen LogP contribution in [0.4, 0.5) is 0 Å². The van der Waals surface area contributed by atoms with Crippen LogP contribution >= 0.6 is 0 Å². The highest BCUT2D eigenvalue weighted by molar-refractivity contribution is 5.52. The minimum atomic E-state index is -0.687. The van der Waals surface area contributed by atoms with Gasteiger partial charge in [0, 0.05) is 24.7 Å². The molecular formula is C16H24O5. The molecule has 1 fully saturated rings. The van der Waals surface area contributed by atoms with Crippen molar-refractivity contribution in [1.29, 1.82) is 0 Å². The summed E-state index contributed by atoms with van der Waals surface area (Å²) < 4.78 is 21.8. The Balaban J connectivity index is 2.41. The maximum absolute atomic E-state index is 10.8. The van der Waals surface area contributed by atoms with E-state index in [2.05, 4.69) is 6.92 Å². The number of benzene rings is 1. The second-order valence-electron chi connectivity index (χ2n) is 5.16. The molecule has 21 heavy (non-hydrogen) atoms. The Morgan fingerprint density at radius 2 is 1.81 bits per heavy atom. The van der Waals surface area contributed by atoms with Gasteiger partial charge in [-0.1, -0.05) is 6.92 Å². The van der Waals surface area contributed by atoms with E-state index in [9.17, 15) is 5.11 Å². The Morgan fingerprint density at radius 1 is 1.19 bits per heavy atom. The van der Waals surface area contributed by atoms with Crippen molar-refractivity contribution in [1.82, 2.24) is 0 Å². The number of ether oxygens (including phenoxy) is 4. The molecule has 0 bridgehead atoms. The lowest BCUT2D eigenvalue weighted by atomic mass is 9.88. The van der Waals surface area contributed by atoms with Crippen LogP contribution in [0.15, 0.2) is 12.1 Å². The number of methoxy groups -OCH3 is 3. The summed E-state index contributed by atoms with van der Waals surface area (Å²) in [5, 5.41) is 10.8. The van der Waals surface area contributed by atoms with E-state index in [1.54, 1.807) is 33.5 Å². The third-order valence-corrected chi connectivity index (χ3v) is 4.12. The molecular weight excluding hydrogens is 272 g/mol. The van der Waals surface area contributed by atoms with E-state index in [1.165, 1.54) is 0 Å². The van der Waals surface area contributed by atoms with Gasteiger partial charge in [0.15, 0.2) is 0 Å². The lowest BCUT2D eigenvalue weighted by molar-refractivity contribution is 0.0287. The first-order chi connectivity index (χ1) is 10.2. The summed E-state index contributed by atoms with van der Waals surface area (Å²) >= 11 is 0. The minimum Gasteiger partial charge on any atom is -0.496 e. The van der Waals surface area contributed by atoms with Gasteiger partial charge in [0.05, 0.1) is 39.1 Å². The molecule has 1 aliphatic heterocycles. The standard InChI is InChI=1S/C16H24O5/c1-5-12-11(6-7-21-12)16(17)15-13(19-3)8-10(18-2)9-14(15)20-4/h8-9,11-12,16-17H,5-7H2,1-4H3. The van der Waals surface area contributed by atoms with Crippen LogP contribution in [0.3, 0.4) is 0 Å². The summed E-state index contributed by atoms with van der Waals surface area (Å²) in [6.07, 6.45) is 1.09. The van der Waals surface area contributed by atoms with E-state index in [0.717, 1.165) is 12.8 Å². The van der Waals surface area contributed by atoms with Crippen LogP contribution in [0.5, 0.6) is 17.2 Å². The summed E-state index contributed by atoms with van der Waals surface area (Å²) in [6.45, 7) is 2.75. The van der Waals surface area contributed by atoms with Gasteiger partial charge in [0.1, 0.15) is 17.2 Å². The third-order valence-electron chi connectivity index (χ3n) is 4.12. The number of aliphatic hydroxyl groups is 1. The van der Waals surface area contributed by atoms with Gasteiger partial charge in [-0.3, -0.25) is 0 Å². The molecule has 3 atom stereocenters. The van der Waals surface area contributed by atoms with Gasteiger partial charge < -0.3 is 24.1 Å². The molecule has 1 heterocycles. The highest BCUT2D eigenvalue weighted by atomic mass is 16.5. The van der Waals surface area contributed by atoms with Crippen LogP contribution in [0.25, 0.3) is 0 Å². The van der Waals surface area contributed by atoms with Crippen molar-refractivity contribution in [3.8, 4) is 17.2 Å². The van der Waals surface area contributed by atoms with Crippen molar-refractivity contribution in [2.75, 3.05) is 27.9 Å². The first-order valence-electron chi connectivity index (χ1n) is 7.25. The maximum Gasteiger partial charge on any atom is 0.132 e. The molecule has 118 valence electrons. The summed E-state index contributed by atoms with van der Waals surface area (Å²) in [5.41, 5.74) is 0.662. The smallest absolute Gasteiger partial charge is 0.132 e. The van der Waals surface area contributed by atoms with Gasteiger partial charge in [-0.2, -0.15) is 0 Å². The normalized spacial score (nSPS) is 22.9. The zero-order valence-electron chi connectivity index (χ0n) is 13.1. The zero-order valence-corrected chi connectivity index (χ0v) is 13.1. The molecule has 1 aromatic rings. The van der Waals surface area contributed by atoms with Crippen LogP contribution < -0.4 is 14.2 Å². The van der Waals surface area contributed by atoms with Gasteiger partial charge in [-0.05, 0) is 12.8 Å². The van der Waals surface area contributed by atoms with Gasteiger partial charge in [0.25, 0.3) is 0 Å². The average molecular weight is 296 g/mol.